The molecule has 0 N–H and O–H groups in total. The molecule has 14 heteroatoms. The normalized spacial score (nSPS) is 36.8. The summed E-state index contributed by atoms with van der Waals surface area (Å²) in [7, 11) is 0. The van der Waals surface area contributed by atoms with Crippen molar-refractivity contribution in [3.63, 3.8) is 0 Å². The third kappa shape index (κ3) is 1.06. The van der Waals surface area contributed by atoms with Crippen molar-refractivity contribution < 1.29 is 52.7 Å². The van der Waals surface area contributed by atoms with E-state index in [9.17, 15) is 52.7 Å². The van der Waals surface area contributed by atoms with E-state index in [1.807, 2.05) is 0 Å². The highest BCUT2D eigenvalue weighted by Gasteiger charge is 3.14. The molecule has 0 aliphatic heterocycles. The lowest BCUT2D eigenvalue weighted by Gasteiger charge is -2.68. The zero-order valence-electron chi connectivity index (χ0n) is 9.29. The van der Waals surface area contributed by atoms with Crippen LogP contribution in [0.1, 0.15) is 0 Å². The minimum Gasteiger partial charge on any atom is -0.197 e. The van der Waals surface area contributed by atoms with Gasteiger partial charge in [-0.05, 0) is 0 Å². The van der Waals surface area contributed by atoms with Crippen LogP contribution in [0.2, 0.25) is 0 Å². The molecule has 0 aromatic rings. The van der Waals surface area contributed by atoms with E-state index in [-0.39, 0.29) is 0 Å². The van der Waals surface area contributed by atoms with E-state index in [4.69, 9.17) is 0 Å². The molecule has 0 atom stereocenters. The van der Waals surface area contributed by atoms with Gasteiger partial charge in [-0.25, -0.2) is 0 Å². The molecule has 2 fully saturated rings. The van der Waals surface area contributed by atoms with Crippen molar-refractivity contribution in [3.05, 3.63) is 0 Å². The number of alkyl halides is 14. The number of rotatable bonds is 1. The average molecular weight is 395 g/mol. The van der Waals surface area contributed by atoms with Gasteiger partial charge in [0.2, 0.25) is 9.75 Å². The van der Waals surface area contributed by atoms with Crippen LogP contribution >= 0.6 is 23.2 Å². The summed E-state index contributed by atoms with van der Waals surface area (Å²) in [6.45, 7) is 0. The van der Waals surface area contributed by atoms with Gasteiger partial charge in [-0.15, -0.1) is 23.2 Å². The van der Waals surface area contributed by atoms with Crippen molar-refractivity contribution in [2.75, 3.05) is 0 Å². The SMILES string of the molecule is FC1(F)C(F)(F)C(Cl)(C2(Cl)C(F)(F)C(F)(F)C2(F)F)C1(F)F. The highest BCUT2D eigenvalue weighted by Crippen LogP contribution is 2.84. The molecule has 0 aromatic heterocycles. The van der Waals surface area contributed by atoms with E-state index in [0.29, 0.717) is 0 Å². The Kier molecular flexibility index (Phi) is 2.91. The standard InChI is InChI=1S/C8Cl2F12/c9-1(3(11,12)7(19,20)4(1,13)14)2(10)5(15,16)8(21,22)6(2,17)18. The van der Waals surface area contributed by atoms with Crippen LogP contribution in [0, 0.1) is 0 Å². The largest absolute Gasteiger partial charge is 0.376 e. The minimum atomic E-state index is -6.44. The second kappa shape index (κ2) is 3.55. The Morgan fingerprint density at radius 1 is 0.318 bits per heavy atom. The van der Waals surface area contributed by atoms with Gasteiger partial charge in [0.15, 0.2) is 0 Å². The average Bonchev–Trinajstić information content (AvgIpc) is 2.33. The molecule has 0 spiro atoms. The lowest BCUT2D eigenvalue weighted by molar-refractivity contribution is -0.493. The fraction of sp³-hybridized carbons (Fsp3) is 1.00. The highest BCUT2D eigenvalue weighted by molar-refractivity contribution is 6.39. The Morgan fingerprint density at radius 2 is 0.455 bits per heavy atom. The Bertz CT molecular complexity index is 453. The van der Waals surface area contributed by atoms with Crippen molar-refractivity contribution in [1.29, 1.82) is 0 Å². The molecule has 2 aliphatic rings. The molecule has 2 saturated carbocycles. The summed E-state index contributed by atoms with van der Waals surface area (Å²) >= 11 is 8.62. The maximum atomic E-state index is 13.2. The monoisotopic (exact) mass is 394 g/mol. The van der Waals surface area contributed by atoms with Crippen molar-refractivity contribution in [2.24, 2.45) is 0 Å². The van der Waals surface area contributed by atoms with Crippen LogP contribution in [0.5, 0.6) is 0 Å². The van der Waals surface area contributed by atoms with Gasteiger partial charge in [0.05, 0.1) is 0 Å². The van der Waals surface area contributed by atoms with Gasteiger partial charge in [-0.2, -0.15) is 52.7 Å². The van der Waals surface area contributed by atoms with E-state index in [2.05, 4.69) is 23.2 Å². The summed E-state index contributed by atoms with van der Waals surface area (Å²) in [6, 6.07) is 0. The highest BCUT2D eigenvalue weighted by atomic mass is 35.5. The topological polar surface area (TPSA) is 0 Å². The maximum Gasteiger partial charge on any atom is 0.376 e. The van der Waals surface area contributed by atoms with E-state index in [1.54, 1.807) is 0 Å². The third-order valence-electron chi connectivity index (χ3n) is 3.78. The smallest absolute Gasteiger partial charge is 0.197 e. The fourth-order valence-electron chi connectivity index (χ4n) is 2.39. The van der Waals surface area contributed by atoms with E-state index in [0.717, 1.165) is 0 Å². The molecule has 2 aliphatic carbocycles. The molecule has 130 valence electrons. The molecular formula is C8Cl2F12. The zero-order valence-corrected chi connectivity index (χ0v) is 10.8. The Hall–Kier alpha value is -0.260. The molecule has 0 saturated heterocycles. The number of halogens is 14. The van der Waals surface area contributed by atoms with Crippen LogP contribution in [0.15, 0.2) is 0 Å². The van der Waals surface area contributed by atoms with Gasteiger partial charge in [0.25, 0.3) is 0 Å². The van der Waals surface area contributed by atoms with E-state index >= 15 is 0 Å². The maximum absolute atomic E-state index is 13.2. The van der Waals surface area contributed by atoms with Gasteiger partial charge in [0.1, 0.15) is 0 Å². The van der Waals surface area contributed by atoms with Gasteiger partial charge in [0, 0.05) is 0 Å². The summed E-state index contributed by atoms with van der Waals surface area (Å²) in [6.07, 6.45) is 0. The molecular weight excluding hydrogens is 395 g/mol. The third-order valence-corrected chi connectivity index (χ3v) is 5.40. The first kappa shape index (κ1) is 18.1. The van der Waals surface area contributed by atoms with Gasteiger partial charge < -0.3 is 0 Å². The summed E-state index contributed by atoms with van der Waals surface area (Å²) < 4.78 is 156. The first-order valence-electron chi connectivity index (χ1n) is 4.90. The predicted molar refractivity (Wildman–Crippen MR) is 46.8 cm³/mol. The van der Waals surface area contributed by atoms with Gasteiger partial charge in [-0.3, -0.25) is 0 Å². The molecule has 0 unspecified atom stereocenters. The summed E-state index contributed by atoms with van der Waals surface area (Å²) in [4.78, 5) is -11.7. The molecule has 22 heavy (non-hydrogen) atoms. The van der Waals surface area contributed by atoms with Crippen molar-refractivity contribution >= 4 is 23.2 Å². The van der Waals surface area contributed by atoms with Crippen LogP contribution < -0.4 is 0 Å². The first-order chi connectivity index (χ1) is 9.25. The second-order valence-electron chi connectivity index (χ2n) is 4.76. The lowest BCUT2D eigenvalue weighted by Crippen LogP contribution is -3.00. The molecule has 0 radical (unpaired) electrons. The van der Waals surface area contributed by atoms with Crippen molar-refractivity contribution in [1.82, 2.24) is 0 Å². The van der Waals surface area contributed by atoms with Crippen LogP contribution in [0.3, 0.4) is 0 Å². The molecule has 0 heterocycles. The van der Waals surface area contributed by atoms with Crippen LogP contribution in [0.25, 0.3) is 0 Å². The van der Waals surface area contributed by atoms with Crippen molar-refractivity contribution in [3.8, 4) is 0 Å². The summed E-state index contributed by atoms with van der Waals surface area (Å²) in [5, 5.41) is 0. The van der Waals surface area contributed by atoms with Crippen LogP contribution in [0.4, 0.5) is 52.7 Å². The number of hydrogen-bond acceptors (Lipinski definition) is 0. The fourth-order valence-corrected chi connectivity index (χ4v) is 3.34. The van der Waals surface area contributed by atoms with E-state index in [1.165, 1.54) is 0 Å². The second-order valence-corrected chi connectivity index (χ2v) is 5.90. The molecule has 0 bridgehead atoms. The Balaban J connectivity index is 2.76. The lowest BCUT2D eigenvalue weighted by atomic mass is 9.53. The molecule has 0 nitrogen and oxygen atoms in total. The minimum absolute atomic E-state index is 4.31. The van der Waals surface area contributed by atoms with Gasteiger partial charge in [-0.1, -0.05) is 0 Å². The predicted octanol–water partition coefficient (Wildman–Crippen LogP) is 4.78. The van der Waals surface area contributed by atoms with Crippen molar-refractivity contribution in [2.45, 2.75) is 45.3 Å². The Morgan fingerprint density at radius 3 is 0.591 bits per heavy atom. The quantitative estimate of drug-likeness (QED) is 0.443. The zero-order chi connectivity index (χ0) is 18.0. The van der Waals surface area contributed by atoms with Crippen LogP contribution in [-0.4, -0.2) is 45.3 Å². The molecule has 2 rings (SSSR count). The summed E-state index contributed by atoms with van der Waals surface area (Å²) in [5.74, 6) is -38.6. The number of hydrogen-bond donors (Lipinski definition) is 0. The van der Waals surface area contributed by atoms with E-state index < -0.39 is 45.3 Å². The molecule has 0 aromatic carbocycles. The first-order valence-corrected chi connectivity index (χ1v) is 5.65. The summed E-state index contributed by atoms with van der Waals surface area (Å²) in [5.41, 5.74) is 0. The van der Waals surface area contributed by atoms with Gasteiger partial charge >= 0.3 is 35.5 Å². The van der Waals surface area contributed by atoms with Crippen LogP contribution in [-0.2, 0) is 0 Å². The molecule has 0 amide bonds. The Labute approximate surface area is 122 Å².